The molecule has 0 nitrogen and oxygen atoms in total. The Morgan fingerprint density at radius 1 is 0.909 bits per heavy atom. The van der Waals surface area contributed by atoms with Gasteiger partial charge in [-0.3, -0.25) is 0 Å². The predicted molar refractivity (Wildman–Crippen MR) is 56.5 cm³/mol. The zero-order valence-corrected chi connectivity index (χ0v) is 8.89. The fourth-order valence-electron chi connectivity index (χ4n) is 3.14. The van der Waals surface area contributed by atoms with Crippen molar-refractivity contribution in [1.29, 1.82) is 0 Å². The highest BCUT2D eigenvalue weighted by molar-refractivity contribution is 8.19. The second-order valence-electron chi connectivity index (χ2n) is 4.33. The van der Waals surface area contributed by atoms with Gasteiger partial charge >= 0.3 is 0 Å². The molecule has 0 aromatic rings. The van der Waals surface area contributed by atoms with E-state index in [9.17, 15) is 0 Å². The van der Waals surface area contributed by atoms with E-state index >= 15 is 0 Å². The predicted octanol–water partition coefficient (Wildman–Crippen LogP) is 2.81. The van der Waals surface area contributed by atoms with E-state index in [4.69, 9.17) is 25.3 Å². The molecular weight excluding hydrogens is 192 g/mol. The first kappa shape index (κ1) is 7.45. The fraction of sp³-hybridized carbons (Fsp3) is 1.00. The second kappa shape index (κ2) is 1.93. The maximum absolute atomic E-state index is 4.75. The molecule has 2 saturated carbocycles. The Morgan fingerprint density at radius 2 is 1.27 bits per heavy atom. The summed E-state index contributed by atoms with van der Waals surface area (Å²) >= 11 is 11.5. The molecule has 0 N–H and O–H groups in total. The normalized spacial score (nSPS) is 66.0. The Hall–Kier alpha value is 1.05. The molecule has 4 rings (SSSR count). The molecule has 11 heavy (non-hydrogen) atoms. The first-order valence-corrected chi connectivity index (χ1v) is 5.95. The monoisotopic (exact) mass is 204 g/mol. The van der Waals surface area contributed by atoms with E-state index in [1.807, 2.05) is 11.8 Å². The Labute approximate surface area is 82.7 Å². The van der Waals surface area contributed by atoms with Crippen molar-refractivity contribution >= 4 is 37.0 Å². The van der Waals surface area contributed by atoms with E-state index < -0.39 is 0 Å². The lowest BCUT2D eigenvalue weighted by atomic mass is 10.0. The van der Waals surface area contributed by atoms with E-state index in [-0.39, 0.29) is 0 Å². The molecule has 4 aliphatic rings. The molecule has 62 valence electrons. The Balaban J connectivity index is 2.03. The van der Waals surface area contributed by atoms with Crippen molar-refractivity contribution in [3.05, 3.63) is 0 Å². The second-order valence-corrected chi connectivity index (χ2v) is 8.42. The van der Waals surface area contributed by atoms with Crippen LogP contribution in [0.2, 0.25) is 0 Å². The zero-order chi connectivity index (χ0) is 7.69. The molecular formula is C8H12S3. The number of rotatable bonds is 0. The number of thiol groups is 2. The summed E-state index contributed by atoms with van der Waals surface area (Å²) in [6.07, 6.45) is 5.36. The third-order valence-electron chi connectivity index (χ3n) is 3.37. The summed E-state index contributed by atoms with van der Waals surface area (Å²) in [6.45, 7) is 0. The molecule has 0 unspecified atom stereocenters. The Morgan fingerprint density at radius 3 is 1.55 bits per heavy atom. The van der Waals surface area contributed by atoms with Gasteiger partial charge in [-0.15, -0.1) is 11.8 Å². The highest BCUT2D eigenvalue weighted by Gasteiger charge is 2.60. The molecule has 4 fully saturated rings. The van der Waals surface area contributed by atoms with Gasteiger partial charge in [0.05, 0.1) is 8.16 Å². The number of hydrogen-bond donors (Lipinski definition) is 2. The summed E-state index contributed by atoms with van der Waals surface area (Å²) in [5, 5.41) is 0. The Bertz CT molecular complexity index is 179. The topological polar surface area (TPSA) is 0 Å². The SMILES string of the molecule is SC12CC3CC(S)(CC3C1)S2. The zero-order valence-electron chi connectivity index (χ0n) is 6.29. The molecule has 2 saturated heterocycles. The molecule has 3 heteroatoms. The van der Waals surface area contributed by atoms with Gasteiger partial charge in [0.25, 0.3) is 0 Å². The fourth-order valence-corrected chi connectivity index (χ4v) is 7.24. The summed E-state index contributed by atoms with van der Waals surface area (Å²) < 4.78 is 0.626. The van der Waals surface area contributed by atoms with E-state index in [1.165, 1.54) is 25.7 Å². The van der Waals surface area contributed by atoms with E-state index in [0.29, 0.717) is 8.16 Å². The van der Waals surface area contributed by atoms with Gasteiger partial charge in [0.2, 0.25) is 0 Å². The molecule has 2 heterocycles. The van der Waals surface area contributed by atoms with Gasteiger partial charge in [-0.05, 0) is 37.5 Å². The first-order valence-electron chi connectivity index (χ1n) is 4.24. The number of thioether (sulfide) groups is 1. The van der Waals surface area contributed by atoms with Crippen LogP contribution in [0.3, 0.4) is 0 Å². The van der Waals surface area contributed by atoms with Crippen molar-refractivity contribution in [3.8, 4) is 0 Å². The minimum Gasteiger partial charge on any atom is -0.161 e. The van der Waals surface area contributed by atoms with Crippen molar-refractivity contribution in [2.75, 3.05) is 0 Å². The van der Waals surface area contributed by atoms with Gasteiger partial charge in [-0.25, -0.2) is 0 Å². The van der Waals surface area contributed by atoms with Crippen molar-refractivity contribution in [3.63, 3.8) is 0 Å². The maximum atomic E-state index is 4.75. The molecule has 4 bridgehead atoms. The summed E-state index contributed by atoms with van der Waals surface area (Å²) in [6, 6.07) is 0. The molecule has 0 atom stereocenters. The van der Waals surface area contributed by atoms with Crippen LogP contribution in [0.4, 0.5) is 0 Å². The van der Waals surface area contributed by atoms with Crippen LogP contribution in [0.25, 0.3) is 0 Å². The molecule has 0 aromatic carbocycles. The van der Waals surface area contributed by atoms with Crippen LogP contribution in [-0.2, 0) is 0 Å². The standard InChI is InChI=1S/C8H12S3/c9-7-1-5-2-8(10,11-7)4-6(5)3-7/h5-6,9-10H,1-4H2. The van der Waals surface area contributed by atoms with Gasteiger partial charge < -0.3 is 0 Å². The molecule has 2 aliphatic carbocycles. The lowest BCUT2D eigenvalue weighted by Gasteiger charge is -2.39. The van der Waals surface area contributed by atoms with Crippen LogP contribution in [0.15, 0.2) is 0 Å². The van der Waals surface area contributed by atoms with Gasteiger partial charge in [-0.2, -0.15) is 25.3 Å². The van der Waals surface area contributed by atoms with Gasteiger partial charge in [0, 0.05) is 0 Å². The van der Waals surface area contributed by atoms with Gasteiger partial charge in [-0.1, -0.05) is 0 Å². The summed E-state index contributed by atoms with van der Waals surface area (Å²) in [5.74, 6) is 1.93. The average molecular weight is 204 g/mol. The van der Waals surface area contributed by atoms with E-state index in [1.54, 1.807) is 0 Å². The van der Waals surface area contributed by atoms with Crippen LogP contribution < -0.4 is 0 Å². The molecule has 2 aliphatic heterocycles. The largest absolute Gasteiger partial charge is 0.161 e. The first-order chi connectivity index (χ1) is 5.09. The third-order valence-corrected chi connectivity index (χ3v) is 6.08. The van der Waals surface area contributed by atoms with Crippen LogP contribution >= 0.6 is 37.0 Å². The van der Waals surface area contributed by atoms with E-state index in [2.05, 4.69) is 0 Å². The van der Waals surface area contributed by atoms with Crippen molar-refractivity contribution < 1.29 is 0 Å². The molecule has 0 radical (unpaired) electrons. The smallest absolute Gasteiger partial charge is 0.0600 e. The van der Waals surface area contributed by atoms with Crippen molar-refractivity contribution in [1.82, 2.24) is 0 Å². The summed E-state index contributed by atoms with van der Waals surface area (Å²) in [7, 11) is 0. The number of hydrogen-bond acceptors (Lipinski definition) is 3. The highest BCUT2D eigenvalue weighted by Crippen LogP contribution is 2.71. The Kier molecular flexibility index (Phi) is 1.31. The van der Waals surface area contributed by atoms with Gasteiger partial charge in [0.15, 0.2) is 0 Å². The average Bonchev–Trinajstić information content (AvgIpc) is 2.11. The van der Waals surface area contributed by atoms with Crippen LogP contribution in [0.5, 0.6) is 0 Å². The minimum absolute atomic E-state index is 0.313. The highest BCUT2D eigenvalue weighted by atomic mass is 32.2. The van der Waals surface area contributed by atoms with Crippen molar-refractivity contribution in [2.45, 2.75) is 33.8 Å². The summed E-state index contributed by atoms with van der Waals surface area (Å²) in [5.41, 5.74) is 0. The van der Waals surface area contributed by atoms with Crippen LogP contribution in [0.1, 0.15) is 25.7 Å². The molecule has 0 amide bonds. The summed E-state index contributed by atoms with van der Waals surface area (Å²) in [4.78, 5) is 0. The third kappa shape index (κ3) is 0.939. The van der Waals surface area contributed by atoms with Gasteiger partial charge in [0.1, 0.15) is 0 Å². The maximum Gasteiger partial charge on any atom is 0.0600 e. The van der Waals surface area contributed by atoms with E-state index in [0.717, 1.165) is 11.8 Å². The lowest BCUT2D eigenvalue weighted by Crippen LogP contribution is -2.30. The molecule has 0 spiro atoms. The van der Waals surface area contributed by atoms with Crippen LogP contribution in [0, 0.1) is 11.8 Å². The van der Waals surface area contributed by atoms with Crippen LogP contribution in [-0.4, -0.2) is 8.16 Å². The quantitative estimate of drug-likeness (QED) is 0.572. The van der Waals surface area contributed by atoms with Crippen molar-refractivity contribution in [2.24, 2.45) is 11.8 Å². The molecule has 0 aromatic heterocycles. The minimum atomic E-state index is 0.313. The lowest BCUT2D eigenvalue weighted by molar-refractivity contribution is 0.457.